The van der Waals surface area contributed by atoms with E-state index in [-0.39, 0.29) is 24.0 Å². The summed E-state index contributed by atoms with van der Waals surface area (Å²) in [7, 11) is 1.61. The van der Waals surface area contributed by atoms with Crippen LogP contribution in [0.1, 0.15) is 48.2 Å². The molecule has 2 atom stereocenters. The first kappa shape index (κ1) is 16.6. The Balaban J connectivity index is 1.90. The van der Waals surface area contributed by atoms with Crippen LogP contribution in [0.3, 0.4) is 0 Å². The van der Waals surface area contributed by atoms with Gasteiger partial charge in [-0.05, 0) is 51.0 Å². The second-order valence-electron chi connectivity index (χ2n) is 7.48. The van der Waals surface area contributed by atoms with Crippen molar-refractivity contribution in [3.8, 4) is 5.75 Å². The van der Waals surface area contributed by atoms with Crippen molar-refractivity contribution in [3.63, 3.8) is 0 Å². The second-order valence-corrected chi connectivity index (χ2v) is 7.48. The van der Waals surface area contributed by atoms with Crippen molar-refractivity contribution in [2.75, 3.05) is 20.2 Å². The first-order chi connectivity index (χ1) is 11.2. The van der Waals surface area contributed by atoms with Crippen LogP contribution in [0.25, 0.3) is 0 Å². The predicted octanol–water partition coefficient (Wildman–Crippen LogP) is 2.45. The molecule has 0 bridgehead atoms. The van der Waals surface area contributed by atoms with Crippen LogP contribution in [-0.2, 0) is 4.74 Å². The van der Waals surface area contributed by atoms with Crippen LogP contribution in [0.5, 0.6) is 5.75 Å². The summed E-state index contributed by atoms with van der Waals surface area (Å²) in [5.74, 6) is 0.701. The molecule has 2 aliphatic heterocycles. The minimum absolute atomic E-state index is 0.0546. The summed E-state index contributed by atoms with van der Waals surface area (Å²) in [6, 6.07) is 3.68. The number of amides is 2. The molecule has 130 valence electrons. The number of aryl methyl sites for hydroxylation is 1. The van der Waals surface area contributed by atoms with E-state index in [4.69, 9.17) is 9.47 Å². The molecule has 1 N–H and O–H groups in total. The number of hydrogen-bond acceptors (Lipinski definition) is 4. The summed E-state index contributed by atoms with van der Waals surface area (Å²) in [6.45, 7) is 8.43. The average molecular weight is 332 g/mol. The lowest BCUT2D eigenvalue weighted by atomic mass is 9.84. The van der Waals surface area contributed by atoms with Gasteiger partial charge in [0.05, 0.1) is 13.2 Å². The first-order valence-electron chi connectivity index (χ1n) is 8.17. The van der Waals surface area contributed by atoms with Gasteiger partial charge in [0.2, 0.25) is 0 Å². The van der Waals surface area contributed by atoms with E-state index in [0.29, 0.717) is 18.7 Å². The smallest absolute Gasteiger partial charge is 0.410 e. The summed E-state index contributed by atoms with van der Waals surface area (Å²) in [4.78, 5) is 26.5. The summed E-state index contributed by atoms with van der Waals surface area (Å²) < 4.78 is 10.8. The molecular formula is C18H24N2O4. The lowest BCUT2D eigenvalue weighted by molar-refractivity contribution is 0.0288. The molecule has 24 heavy (non-hydrogen) atoms. The van der Waals surface area contributed by atoms with Crippen LogP contribution >= 0.6 is 0 Å². The largest absolute Gasteiger partial charge is 0.497 e. The molecule has 0 aliphatic carbocycles. The average Bonchev–Trinajstić information content (AvgIpc) is 2.89. The van der Waals surface area contributed by atoms with Gasteiger partial charge in [-0.3, -0.25) is 4.79 Å². The van der Waals surface area contributed by atoms with Crippen molar-refractivity contribution in [2.24, 2.45) is 0 Å². The van der Waals surface area contributed by atoms with Crippen molar-refractivity contribution in [2.45, 2.75) is 45.3 Å². The Kier molecular flexibility index (Phi) is 3.94. The summed E-state index contributed by atoms with van der Waals surface area (Å²) in [6.07, 6.45) is -0.340. The molecule has 0 unspecified atom stereocenters. The Bertz CT molecular complexity index is 693. The third-order valence-corrected chi connectivity index (χ3v) is 4.49. The molecule has 0 spiro atoms. The minimum Gasteiger partial charge on any atom is -0.497 e. The zero-order chi connectivity index (χ0) is 17.6. The maximum atomic E-state index is 12.5. The lowest BCUT2D eigenvalue weighted by Crippen LogP contribution is -2.45. The van der Waals surface area contributed by atoms with Crippen LogP contribution in [0.2, 0.25) is 0 Å². The van der Waals surface area contributed by atoms with Gasteiger partial charge < -0.3 is 19.7 Å². The van der Waals surface area contributed by atoms with Crippen LogP contribution in [0.15, 0.2) is 12.1 Å². The highest BCUT2D eigenvalue weighted by atomic mass is 16.6. The van der Waals surface area contributed by atoms with Crippen molar-refractivity contribution in [1.82, 2.24) is 10.2 Å². The van der Waals surface area contributed by atoms with Crippen molar-refractivity contribution < 1.29 is 19.1 Å². The van der Waals surface area contributed by atoms with Gasteiger partial charge in [0.1, 0.15) is 11.4 Å². The number of ether oxygens (including phenoxy) is 2. The van der Waals surface area contributed by atoms with E-state index in [0.717, 1.165) is 16.9 Å². The Morgan fingerprint density at radius 1 is 1.29 bits per heavy atom. The molecule has 1 saturated heterocycles. The SMILES string of the molecule is COc1cc(C)c2c(c1)[C@@H]1CN(C(=O)OC(C)(C)C)C[C@H]1NC2=O. The quantitative estimate of drug-likeness (QED) is 0.858. The van der Waals surface area contributed by atoms with Crippen molar-refractivity contribution >= 4 is 12.0 Å². The second kappa shape index (κ2) is 5.69. The fourth-order valence-corrected chi connectivity index (χ4v) is 3.48. The highest BCUT2D eigenvalue weighted by molar-refractivity contribution is 5.99. The van der Waals surface area contributed by atoms with Gasteiger partial charge in [-0.25, -0.2) is 4.79 Å². The standard InChI is InChI=1S/C18H24N2O4/c1-10-6-11(23-5)7-12-13-8-20(17(22)24-18(2,3)4)9-14(13)19-16(21)15(10)12/h6-7,13-14H,8-9H2,1-5H3,(H,19,21)/t13-,14+/m0/s1. The van der Waals surface area contributed by atoms with Crippen LogP contribution in [-0.4, -0.2) is 48.7 Å². The van der Waals surface area contributed by atoms with Crippen molar-refractivity contribution in [3.05, 3.63) is 28.8 Å². The number of nitrogens with one attached hydrogen (secondary N) is 1. The Hall–Kier alpha value is -2.24. The minimum atomic E-state index is -0.536. The molecule has 0 radical (unpaired) electrons. The Morgan fingerprint density at radius 3 is 2.62 bits per heavy atom. The topological polar surface area (TPSA) is 67.9 Å². The molecular weight excluding hydrogens is 308 g/mol. The van der Waals surface area contributed by atoms with Gasteiger partial charge in [-0.15, -0.1) is 0 Å². The zero-order valence-electron chi connectivity index (χ0n) is 14.8. The van der Waals surface area contributed by atoms with Crippen LogP contribution in [0.4, 0.5) is 4.79 Å². The van der Waals surface area contributed by atoms with Gasteiger partial charge in [0.15, 0.2) is 0 Å². The normalized spacial score (nSPS) is 22.5. The molecule has 2 amide bonds. The van der Waals surface area contributed by atoms with Crippen molar-refractivity contribution in [1.29, 1.82) is 0 Å². The monoisotopic (exact) mass is 332 g/mol. The Morgan fingerprint density at radius 2 is 2.00 bits per heavy atom. The number of carbonyl (C=O) groups is 2. The summed E-state index contributed by atoms with van der Waals surface area (Å²) in [5, 5.41) is 3.03. The molecule has 0 saturated carbocycles. The molecule has 2 aliphatic rings. The number of fused-ring (bicyclic) bond motifs is 3. The third kappa shape index (κ3) is 2.92. The maximum absolute atomic E-state index is 12.5. The molecule has 1 aromatic carbocycles. The van der Waals surface area contributed by atoms with Crippen LogP contribution < -0.4 is 10.1 Å². The number of likely N-dealkylation sites (tertiary alicyclic amines) is 1. The van der Waals surface area contributed by atoms with Gasteiger partial charge >= 0.3 is 6.09 Å². The number of methoxy groups -OCH3 is 1. The summed E-state index contributed by atoms with van der Waals surface area (Å²) in [5.41, 5.74) is 2.00. The number of carbonyl (C=O) groups excluding carboxylic acids is 2. The Labute approximate surface area is 142 Å². The molecule has 2 heterocycles. The number of hydrogen-bond donors (Lipinski definition) is 1. The predicted molar refractivity (Wildman–Crippen MR) is 89.5 cm³/mol. The van der Waals surface area contributed by atoms with E-state index in [1.807, 2.05) is 39.8 Å². The van der Waals surface area contributed by atoms with E-state index in [1.54, 1.807) is 12.0 Å². The fourth-order valence-electron chi connectivity index (χ4n) is 3.48. The maximum Gasteiger partial charge on any atom is 0.410 e. The number of rotatable bonds is 1. The zero-order valence-corrected chi connectivity index (χ0v) is 14.8. The molecule has 6 heteroatoms. The number of nitrogens with zero attached hydrogens (tertiary/aromatic N) is 1. The molecule has 3 rings (SSSR count). The van der Waals surface area contributed by atoms with E-state index < -0.39 is 5.60 Å². The fraction of sp³-hybridized carbons (Fsp3) is 0.556. The first-order valence-corrected chi connectivity index (χ1v) is 8.17. The molecule has 1 fully saturated rings. The van der Waals surface area contributed by atoms with Crippen LogP contribution in [0, 0.1) is 6.92 Å². The molecule has 6 nitrogen and oxygen atoms in total. The molecule has 0 aromatic heterocycles. The van der Waals surface area contributed by atoms with E-state index >= 15 is 0 Å². The van der Waals surface area contributed by atoms with Gasteiger partial charge in [0.25, 0.3) is 5.91 Å². The van der Waals surface area contributed by atoms with E-state index in [9.17, 15) is 9.59 Å². The molecule has 1 aromatic rings. The third-order valence-electron chi connectivity index (χ3n) is 4.49. The summed E-state index contributed by atoms with van der Waals surface area (Å²) >= 11 is 0. The van der Waals surface area contributed by atoms with E-state index in [2.05, 4.69) is 5.32 Å². The highest BCUT2D eigenvalue weighted by Gasteiger charge is 2.43. The highest BCUT2D eigenvalue weighted by Crippen LogP contribution is 2.37. The van der Waals surface area contributed by atoms with Gasteiger partial charge in [-0.2, -0.15) is 0 Å². The number of benzene rings is 1. The lowest BCUT2D eigenvalue weighted by Gasteiger charge is -2.29. The van der Waals surface area contributed by atoms with Gasteiger partial charge in [0, 0.05) is 24.6 Å². The van der Waals surface area contributed by atoms with Gasteiger partial charge in [-0.1, -0.05) is 0 Å². The van der Waals surface area contributed by atoms with E-state index in [1.165, 1.54) is 0 Å².